The smallest absolute Gasteiger partial charge is 0.163 e. The highest BCUT2D eigenvalue weighted by molar-refractivity contribution is 6.10. The lowest BCUT2D eigenvalue weighted by Gasteiger charge is -2.07. The van der Waals surface area contributed by atoms with Crippen LogP contribution in [0.4, 0.5) is 0 Å². The summed E-state index contributed by atoms with van der Waals surface area (Å²) in [5.74, 6) is 0.182. The average molecular weight is 229 g/mol. The quantitative estimate of drug-likeness (QED) is 0.791. The van der Waals surface area contributed by atoms with Crippen molar-refractivity contribution in [3.63, 3.8) is 0 Å². The first-order valence-corrected chi connectivity index (χ1v) is 5.68. The summed E-state index contributed by atoms with van der Waals surface area (Å²) in [6, 6.07) is 10.7. The van der Waals surface area contributed by atoms with E-state index in [1.807, 2.05) is 18.2 Å². The molecule has 0 spiro atoms. The number of phenolic OH excluding ortho intramolecular Hbond substituents is 1. The number of benzene rings is 2. The number of fused-ring (bicyclic) bond motifs is 1. The van der Waals surface area contributed by atoms with Crippen LogP contribution >= 0.6 is 0 Å². The summed E-state index contributed by atoms with van der Waals surface area (Å²) in [4.78, 5) is 12.0. The number of aromatic hydroxyl groups is 1. The van der Waals surface area contributed by atoms with Gasteiger partial charge < -0.3 is 10.8 Å². The molecule has 3 N–H and O–H groups in total. The summed E-state index contributed by atoms with van der Waals surface area (Å²) < 4.78 is 0. The fraction of sp³-hybridized carbons (Fsp3) is 0.214. The molecular weight excluding hydrogens is 214 g/mol. The Kier molecular flexibility index (Phi) is 3.40. The first kappa shape index (κ1) is 11.6. The fourth-order valence-electron chi connectivity index (χ4n) is 1.95. The van der Waals surface area contributed by atoms with Gasteiger partial charge in [0.05, 0.1) is 0 Å². The van der Waals surface area contributed by atoms with Crippen molar-refractivity contribution in [1.82, 2.24) is 0 Å². The number of ketones is 1. The van der Waals surface area contributed by atoms with E-state index in [9.17, 15) is 9.90 Å². The molecule has 17 heavy (non-hydrogen) atoms. The van der Waals surface area contributed by atoms with Crippen LogP contribution in [0.25, 0.3) is 10.8 Å². The van der Waals surface area contributed by atoms with E-state index in [4.69, 9.17) is 5.73 Å². The van der Waals surface area contributed by atoms with E-state index in [2.05, 4.69) is 0 Å². The number of Topliss-reactive ketones (excluding diaryl/α,β-unsaturated/α-hetero) is 1. The average Bonchev–Trinajstić information content (AvgIpc) is 2.35. The van der Waals surface area contributed by atoms with E-state index >= 15 is 0 Å². The van der Waals surface area contributed by atoms with E-state index in [0.29, 0.717) is 30.3 Å². The molecule has 0 unspecified atom stereocenters. The van der Waals surface area contributed by atoms with E-state index in [1.54, 1.807) is 18.2 Å². The summed E-state index contributed by atoms with van der Waals surface area (Å²) in [6.45, 7) is 0.502. The number of hydrogen-bond donors (Lipinski definition) is 2. The van der Waals surface area contributed by atoms with Crippen LogP contribution in [0.15, 0.2) is 36.4 Å². The van der Waals surface area contributed by atoms with Crippen molar-refractivity contribution in [2.24, 2.45) is 5.73 Å². The molecule has 0 atom stereocenters. The van der Waals surface area contributed by atoms with Crippen molar-refractivity contribution in [2.75, 3.05) is 6.54 Å². The molecule has 0 aromatic heterocycles. The zero-order valence-corrected chi connectivity index (χ0v) is 9.52. The number of nitrogens with two attached hydrogens (primary N) is 1. The molecule has 0 aliphatic heterocycles. The van der Waals surface area contributed by atoms with E-state index in [0.717, 1.165) is 5.39 Å². The second-order valence-corrected chi connectivity index (χ2v) is 4.00. The third-order valence-corrected chi connectivity index (χ3v) is 2.79. The Morgan fingerprint density at radius 2 is 1.88 bits per heavy atom. The molecule has 0 fully saturated rings. The minimum Gasteiger partial charge on any atom is -0.507 e. The van der Waals surface area contributed by atoms with Gasteiger partial charge in [-0.05, 0) is 24.4 Å². The van der Waals surface area contributed by atoms with Gasteiger partial charge in [-0.15, -0.1) is 0 Å². The molecular formula is C14H15NO2. The van der Waals surface area contributed by atoms with E-state index in [1.165, 1.54) is 0 Å². The van der Waals surface area contributed by atoms with Gasteiger partial charge in [0.25, 0.3) is 0 Å². The highest BCUT2D eigenvalue weighted by Crippen LogP contribution is 2.28. The lowest BCUT2D eigenvalue weighted by molar-refractivity contribution is 0.0982. The molecule has 2 rings (SSSR count). The molecule has 0 aliphatic carbocycles. The number of hydrogen-bond acceptors (Lipinski definition) is 3. The number of carbonyl (C=O) groups excluding carboxylic acids is 1. The predicted octanol–water partition coefficient (Wildman–Crippen LogP) is 2.47. The minimum atomic E-state index is 0.0301. The molecule has 2 aromatic rings. The van der Waals surface area contributed by atoms with Crippen molar-refractivity contribution in [3.05, 3.63) is 42.0 Å². The topological polar surface area (TPSA) is 63.3 Å². The van der Waals surface area contributed by atoms with Crippen molar-refractivity contribution < 1.29 is 9.90 Å². The van der Waals surface area contributed by atoms with Crippen LogP contribution in [0.2, 0.25) is 0 Å². The van der Waals surface area contributed by atoms with Crippen LogP contribution < -0.4 is 5.73 Å². The molecule has 88 valence electrons. The molecule has 3 heteroatoms. The molecule has 0 saturated heterocycles. The Morgan fingerprint density at radius 1 is 1.18 bits per heavy atom. The molecule has 0 aliphatic rings. The predicted molar refractivity (Wildman–Crippen MR) is 68.2 cm³/mol. The zero-order valence-electron chi connectivity index (χ0n) is 9.52. The van der Waals surface area contributed by atoms with Crippen molar-refractivity contribution >= 4 is 16.6 Å². The van der Waals surface area contributed by atoms with Crippen LogP contribution in [-0.4, -0.2) is 17.4 Å². The third-order valence-electron chi connectivity index (χ3n) is 2.79. The van der Waals surface area contributed by atoms with Gasteiger partial charge in [-0.3, -0.25) is 4.79 Å². The molecule has 0 bridgehead atoms. The molecule has 0 radical (unpaired) electrons. The summed E-state index contributed by atoms with van der Waals surface area (Å²) in [5.41, 5.74) is 5.97. The highest BCUT2D eigenvalue weighted by atomic mass is 16.3. The van der Waals surface area contributed by atoms with Gasteiger partial charge >= 0.3 is 0 Å². The maximum Gasteiger partial charge on any atom is 0.163 e. The summed E-state index contributed by atoms with van der Waals surface area (Å²) in [7, 11) is 0. The van der Waals surface area contributed by atoms with Crippen LogP contribution in [0.1, 0.15) is 23.2 Å². The van der Waals surface area contributed by atoms with Crippen LogP contribution in [0, 0.1) is 0 Å². The SMILES string of the molecule is NCCCC(=O)c1cccc2cccc(O)c12. The largest absolute Gasteiger partial charge is 0.507 e. The van der Waals surface area contributed by atoms with Gasteiger partial charge in [-0.25, -0.2) is 0 Å². The first-order chi connectivity index (χ1) is 8.24. The van der Waals surface area contributed by atoms with Gasteiger partial charge in [0.2, 0.25) is 0 Å². The van der Waals surface area contributed by atoms with Gasteiger partial charge in [-0.2, -0.15) is 0 Å². The minimum absolute atomic E-state index is 0.0301. The zero-order chi connectivity index (χ0) is 12.3. The van der Waals surface area contributed by atoms with Crippen molar-refractivity contribution in [2.45, 2.75) is 12.8 Å². The molecule has 2 aromatic carbocycles. The van der Waals surface area contributed by atoms with Crippen LogP contribution in [-0.2, 0) is 0 Å². The Hall–Kier alpha value is -1.87. The van der Waals surface area contributed by atoms with Crippen LogP contribution in [0.5, 0.6) is 5.75 Å². The molecule has 0 heterocycles. The second-order valence-electron chi connectivity index (χ2n) is 4.00. The summed E-state index contributed by atoms with van der Waals surface area (Å²) in [5, 5.41) is 11.4. The Bertz CT molecular complexity index is 544. The summed E-state index contributed by atoms with van der Waals surface area (Å²) in [6.07, 6.45) is 1.09. The molecule has 0 saturated carbocycles. The first-order valence-electron chi connectivity index (χ1n) is 5.68. The van der Waals surface area contributed by atoms with Gasteiger partial charge in [0.15, 0.2) is 5.78 Å². The number of carbonyl (C=O) groups is 1. The van der Waals surface area contributed by atoms with Gasteiger partial charge in [0.1, 0.15) is 5.75 Å². The number of phenols is 1. The lowest BCUT2D eigenvalue weighted by Crippen LogP contribution is -2.05. The van der Waals surface area contributed by atoms with E-state index < -0.39 is 0 Å². The maximum absolute atomic E-state index is 12.0. The van der Waals surface area contributed by atoms with Crippen molar-refractivity contribution in [3.8, 4) is 5.75 Å². The maximum atomic E-state index is 12.0. The fourth-order valence-corrected chi connectivity index (χ4v) is 1.95. The van der Waals surface area contributed by atoms with Gasteiger partial charge in [0, 0.05) is 17.4 Å². The van der Waals surface area contributed by atoms with Crippen molar-refractivity contribution in [1.29, 1.82) is 0 Å². The monoisotopic (exact) mass is 229 g/mol. The Balaban J connectivity index is 2.50. The normalized spacial score (nSPS) is 10.6. The second kappa shape index (κ2) is 4.97. The third kappa shape index (κ3) is 2.29. The summed E-state index contributed by atoms with van der Waals surface area (Å²) >= 11 is 0. The Labute approximate surface area is 99.9 Å². The lowest BCUT2D eigenvalue weighted by atomic mass is 9.98. The van der Waals surface area contributed by atoms with E-state index in [-0.39, 0.29) is 11.5 Å². The van der Waals surface area contributed by atoms with Crippen LogP contribution in [0.3, 0.4) is 0 Å². The van der Waals surface area contributed by atoms with Gasteiger partial charge in [-0.1, -0.05) is 30.3 Å². The standard InChI is InChI=1S/C14H15NO2/c15-9-3-8-12(16)11-6-1-4-10-5-2-7-13(17)14(10)11/h1-2,4-7,17H,3,8-9,15H2. The Morgan fingerprint density at radius 3 is 2.59 bits per heavy atom. The molecule has 3 nitrogen and oxygen atoms in total. The number of rotatable bonds is 4. The molecule has 0 amide bonds. The highest BCUT2D eigenvalue weighted by Gasteiger charge is 2.11.